The highest BCUT2D eigenvalue weighted by molar-refractivity contribution is 6.30. The van der Waals surface area contributed by atoms with E-state index >= 15 is 0 Å². The molecule has 1 saturated heterocycles. The highest BCUT2D eigenvalue weighted by atomic mass is 35.5. The number of benzene rings is 1. The molecule has 2 atom stereocenters. The topological polar surface area (TPSA) is 85.9 Å². The van der Waals surface area contributed by atoms with Crippen LogP contribution in [-0.2, 0) is 19.4 Å². The molecule has 9 heteroatoms. The van der Waals surface area contributed by atoms with Gasteiger partial charge in [0.25, 0.3) is 5.91 Å². The molecule has 7 nitrogen and oxygen atoms in total. The highest BCUT2D eigenvalue weighted by Gasteiger charge is 2.30. The lowest BCUT2D eigenvalue weighted by Crippen LogP contribution is -2.41. The standard InChI is InChI=1S/C18H22ClFN2O5/c1-11(22-18(24)14-6-8-26-27-12(14)2)5-7-21-17(23)10-25-13-3-4-15(19)16(20)9-13/h3-4,9,12,14H,1,5-8,10H2,2H3,(H,21,23)(H,22,24). The largest absolute Gasteiger partial charge is 0.484 e. The van der Waals surface area contributed by atoms with Gasteiger partial charge in [-0.05, 0) is 25.5 Å². The van der Waals surface area contributed by atoms with Crippen molar-refractivity contribution in [3.05, 3.63) is 41.3 Å². The van der Waals surface area contributed by atoms with Crippen molar-refractivity contribution in [1.29, 1.82) is 0 Å². The van der Waals surface area contributed by atoms with E-state index in [-0.39, 0.29) is 47.8 Å². The van der Waals surface area contributed by atoms with Crippen molar-refractivity contribution in [2.75, 3.05) is 19.8 Å². The molecule has 0 bridgehead atoms. The van der Waals surface area contributed by atoms with E-state index < -0.39 is 5.82 Å². The number of carbonyl (C=O) groups is 2. The van der Waals surface area contributed by atoms with Crippen LogP contribution >= 0.6 is 11.6 Å². The van der Waals surface area contributed by atoms with Crippen molar-refractivity contribution in [3.63, 3.8) is 0 Å². The molecule has 1 heterocycles. The lowest BCUT2D eigenvalue weighted by atomic mass is 9.98. The van der Waals surface area contributed by atoms with Gasteiger partial charge in [-0.2, -0.15) is 0 Å². The van der Waals surface area contributed by atoms with Crippen LogP contribution in [0.5, 0.6) is 5.75 Å². The van der Waals surface area contributed by atoms with Gasteiger partial charge < -0.3 is 15.4 Å². The zero-order valence-corrected chi connectivity index (χ0v) is 15.7. The van der Waals surface area contributed by atoms with Crippen LogP contribution in [-0.4, -0.2) is 37.7 Å². The molecule has 1 aliphatic rings. The van der Waals surface area contributed by atoms with E-state index in [0.29, 0.717) is 25.1 Å². The summed E-state index contributed by atoms with van der Waals surface area (Å²) in [6, 6.07) is 3.92. The minimum Gasteiger partial charge on any atom is -0.484 e. The third-order valence-electron chi connectivity index (χ3n) is 3.95. The van der Waals surface area contributed by atoms with Gasteiger partial charge in [-0.15, -0.1) is 0 Å². The van der Waals surface area contributed by atoms with Gasteiger partial charge >= 0.3 is 0 Å². The smallest absolute Gasteiger partial charge is 0.257 e. The second-order valence-corrected chi connectivity index (χ2v) is 6.48. The lowest BCUT2D eigenvalue weighted by Gasteiger charge is -2.27. The number of hydrogen-bond donors (Lipinski definition) is 2. The van der Waals surface area contributed by atoms with Crippen molar-refractivity contribution in [2.24, 2.45) is 5.92 Å². The zero-order valence-electron chi connectivity index (χ0n) is 14.9. The SMILES string of the molecule is C=C(CCNC(=O)COc1ccc(Cl)c(F)c1)NC(=O)C1CCOOC1C. The van der Waals surface area contributed by atoms with Crippen molar-refractivity contribution in [1.82, 2.24) is 10.6 Å². The number of hydrogen-bond acceptors (Lipinski definition) is 5. The molecular formula is C18H22ClFN2O5. The minimum atomic E-state index is -0.620. The molecule has 0 aliphatic carbocycles. The molecule has 1 aromatic rings. The fourth-order valence-corrected chi connectivity index (χ4v) is 2.54. The number of rotatable bonds is 8. The van der Waals surface area contributed by atoms with Crippen molar-refractivity contribution < 1.29 is 28.5 Å². The molecule has 2 N–H and O–H groups in total. The maximum absolute atomic E-state index is 13.3. The molecule has 2 unspecified atom stereocenters. The summed E-state index contributed by atoms with van der Waals surface area (Å²) in [5, 5.41) is 5.33. The van der Waals surface area contributed by atoms with Crippen LogP contribution in [0, 0.1) is 11.7 Å². The van der Waals surface area contributed by atoms with Crippen LogP contribution in [0.3, 0.4) is 0 Å². The van der Waals surface area contributed by atoms with Gasteiger partial charge in [0.15, 0.2) is 6.61 Å². The fourth-order valence-electron chi connectivity index (χ4n) is 2.43. The number of nitrogens with one attached hydrogen (secondary N) is 2. The van der Waals surface area contributed by atoms with E-state index in [0.717, 1.165) is 6.07 Å². The molecule has 1 aromatic carbocycles. The number of amides is 2. The Balaban J connectivity index is 1.64. The Hall–Kier alpha value is -2.16. The lowest BCUT2D eigenvalue weighted by molar-refractivity contribution is -0.350. The normalized spacial score (nSPS) is 19.2. The van der Waals surface area contributed by atoms with E-state index in [2.05, 4.69) is 17.2 Å². The Morgan fingerprint density at radius 1 is 1.44 bits per heavy atom. The maximum atomic E-state index is 13.3. The summed E-state index contributed by atoms with van der Waals surface area (Å²) < 4.78 is 18.5. The molecule has 2 amide bonds. The summed E-state index contributed by atoms with van der Waals surface area (Å²) in [5.74, 6) is -1.29. The van der Waals surface area contributed by atoms with E-state index in [1.54, 1.807) is 6.92 Å². The van der Waals surface area contributed by atoms with Crippen molar-refractivity contribution >= 4 is 23.4 Å². The third-order valence-corrected chi connectivity index (χ3v) is 4.25. The first-order valence-electron chi connectivity index (χ1n) is 8.48. The van der Waals surface area contributed by atoms with Crippen LogP contribution < -0.4 is 15.4 Å². The first-order valence-corrected chi connectivity index (χ1v) is 8.86. The van der Waals surface area contributed by atoms with Gasteiger partial charge in [-0.25, -0.2) is 14.2 Å². The first kappa shape index (κ1) is 21.1. The summed E-state index contributed by atoms with van der Waals surface area (Å²) >= 11 is 5.57. The summed E-state index contributed by atoms with van der Waals surface area (Å²) in [6.07, 6.45) is 0.603. The maximum Gasteiger partial charge on any atom is 0.257 e. The quantitative estimate of drug-likeness (QED) is 0.654. The van der Waals surface area contributed by atoms with E-state index in [1.807, 2.05) is 0 Å². The molecule has 148 valence electrons. The van der Waals surface area contributed by atoms with Gasteiger partial charge in [0.1, 0.15) is 17.7 Å². The Labute approximate surface area is 161 Å². The Kier molecular flexibility index (Phi) is 8.02. The van der Waals surface area contributed by atoms with Gasteiger partial charge in [0.2, 0.25) is 5.91 Å². The van der Waals surface area contributed by atoms with Crippen LogP contribution in [0.2, 0.25) is 5.02 Å². The molecule has 27 heavy (non-hydrogen) atoms. The monoisotopic (exact) mass is 400 g/mol. The summed E-state index contributed by atoms with van der Waals surface area (Å²) in [6.45, 7) is 5.92. The Morgan fingerprint density at radius 3 is 2.93 bits per heavy atom. The molecule has 2 rings (SSSR count). The third kappa shape index (κ3) is 6.82. The first-order chi connectivity index (χ1) is 12.9. The highest BCUT2D eigenvalue weighted by Crippen LogP contribution is 2.20. The van der Waals surface area contributed by atoms with Gasteiger partial charge in [0.05, 0.1) is 17.5 Å². The molecule has 0 saturated carbocycles. The van der Waals surface area contributed by atoms with Crippen LogP contribution in [0.15, 0.2) is 30.5 Å². The molecular weight excluding hydrogens is 379 g/mol. The van der Waals surface area contributed by atoms with Crippen LogP contribution in [0.25, 0.3) is 0 Å². The molecule has 1 fully saturated rings. The van der Waals surface area contributed by atoms with E-state index in [9.17, 15) is 14.0 Å². The summed E-state index contributed by atoms with van der Waals surface area (Å²) in [7, 11) is 0. The Morgan fingerprint density at radius 2 is 2.22 bits per heavy atom. The summed E-state index contributed by atoms with van der Waals surface area (Å²) in [4.78, 5) is 33.8. The van der Waals surface area contributed by atoms with E-state index in [4.69, 9.17) is 26.1 Å². The fraction of sp³-hybridized carbons (Fsp3) is 0.444. The molecule has 0 aromatic heterocycles. The van der Waals surface area contributed by atoms with Gasteiger partial charge in [-0.3, -0.25) is 9.59 Å². The minimum absolute atomic E-state index is 0.0194. The van der Waals surface area contributed by atoms with Gasteiger partial charge in [-0.1, -0.05) is 18.2 Å². The second kappa shape index (κ2) is 10.2. The average molecular weight is 401 g/mol. The number of halogens is 2. The molecule has 0 radical (unpaired) electrons. The van der Waals surface area contributed by atoms with Crippen LogP contribution in [0.1, 0.15) is 19.8 Å². The van der Waals surface area contributed by atoms with Gasteiger partial charge in [0, 0.05) is 24.7 Å². The number of ether oxygens (including phenoxy) is 1. The van der Waals surface area contributed by atoms with Crippen molar-refractivity contribution in [2.45, 2.75) is 25.9 Å². The predicted octanol–water partition coefficient (Wildman–Crippen LogP) is 2.35. The Bertz CT molecular complexity index is 700. The second-order valence-electron chi connectivity index (χ2n) is 6.08. The molecule has 0 spiro atoms. The predicted molar refractivity (Wildman–Crippen MR) is 96.4 cm³/mol. The average Bonchev–Trinajstić information content (AvgIpc) is 2.63. The van der Waals surface area contributed by atoms with Crippen molar-refractivity contribution in [3.8, 4) is 5.75 Å². The zero-order chi connectivity index (χ0) is 19.8. The van der Waals surface area contributed by atoms with E-state index in [1.165, 1.54) is 12.1 Å². The van der Waals surface area contributed by atoms with Crippen LogP contribution in [0.4, 0.5) is 4.39 Å². The summed E-state index contributed by atoms with van der Waals surface area (Å²) in [5.41, 5.74) is 0.486. The number of carbonyl (C=O) groups excluding carboxylic acids is 2. The molecule has 1 aliphatic heterocycles.